The number of rotatable bonds is 5. The summed E-state index contributed by atoms with van der Waals surface area (Å²) in [5, 5.41) is 3.63. The topological polar surface area (TPSA) is 12.0 Å². The molecule has 21 heavy (non-hydrogen) atoms. The molecule has 0 spiro atoms. The normalized spacial score (nSPS) is 24.5. The van der Waals surface area contributed by atoms with Crippen molar-refractivity contribution >= 4 is 0 Å². The van der Waals surface area contributed by atoms with Gasteiger partial charge >= 0.3 is 0 Å². The van der Waals surface area contributed by atoms with Crippen LogP contribution < -0.4 is 5.32 Å². The SMILES string of the molecule is CNC(CC1CCCCC1)CC1CCCc2ccccc21. The summed E-state index contributed by atoms with van der Waals surface area (Å²) in [4.78, 5) is 0. The van der Waals surface area contributed by atoms with Gasteiger partial charge in [-0.1, -0.05) is 56.4 Å². The van der Waals surface area contributed by atoms with Crippen LogP contribution in [0.1, 0.15) is 74.8 Å². The Kier molecular flexibility index (Phi) is 5.35. The van der Waals surface area contributed by atoms with Crippen LogP contribution in [0.15, 0.2) is 24.3 Å². The van der Waals surface area contributed by atoms with Gasteiger partial charge in [0.05, 0.1) is 0 Å². The molecular formula is C20H31N. The standard InChI is InChI=1S/C20H31N/c1-21-19(14-16-8-3-2-4-9-16)15-18-12-7-11-17-10-5-6-13-20(17)18/h5-6,10,13,16,18-19,21H,2-4,7-9,11-12,14-15H2,1H3. The Bertz CT molecular complexity index is 433. The zero-order chi connectivity index (χ0) is 14.5. The summed E-state index contributed by atoms with van der Waals surface area (Å²) < 4.78 is 0. The second-order valence-corrected chi connectivity index (χ2v) is 7.25. The average Bonchev–Trinajstić information content (AvgIpc) is 2.55. The van der Waals surface area contributed by atoms with E-state index in [9.17, 15) is 0 Å². The number of fused-ring (bicyclic) bond motifs is 1. The molecule has 0 radical (unpaired) electrons. The van der Waals surface area contributed by atoms with Crippen LogP contribution >= 0.6 is 0 Å². The minimum atomic E-state index is 0.712. The van der Waals surface area contributed by atoms with Crippen LogP contribution in [-0.4, -0.2) is 13.1 Å². The molecule has 1 nitrogen and oxygen atoms in total. The molecule has 1 saturated carbocycles. The third-order valence-corrected chi connectivity index (χ3v) is 5.81. The summed E-state index contributed by atoms with van der Waals surface area (Å²) in [6, 6.07) is 9.87. The van der Waals surface area contributed by atoms with Crippen molar-refractivity contribution < 1.29 is 0 Å². The maximum absolute atomic E-state index is 3.63. The molecule has 0 aliphatic heterocycles. The second-order valence-electron chi connectivity index (χ2n) is 7.25. The highest BCUT2D eigenvalue weighted by atomic mass is 14.9. The summed E-state index contributed by atoms with van der Waals surface area (Å²) in [6.45, 7) is 0. The van der Waals surface area contributed by atoms with Gasteiger partial charge in [-0.3, -0.25) is 0 Å². The van der Waals surface area contributed by atoms with Gasteiger partial charge in [0.15, 0.2) is 0 Å². The molecule has 2 atom stereocenters. The van der Waals surface area contributed by atoms with Crippen molar-refractivity contribution in [3.8, 4) is 0 Å². The van der Waals surface area contributed by atoms with Gasteiger partial charge in [0.25, 0.3) is 0 Å². The van der Waals surface area contributed by atoms with E-state index in [-0.39, 0.29) is 0 Å². The molecule has 3 rings (SSSR count). The predicted molar refractivity (Wildman–Crippen MR) is 90.8 cm³/mol. The van der Waals surface area contributed by atoms with E-state index in [0.717, 1.165) is 11.8 Å². The Morgan fingerprint density at radius 3 is 2.62 bits per heavy atom. The highest BCUT2D eigenvalue weighted by Crippen LogP contribution is 2.36. The van der Waals surface area contributed by atoms with Gasteiger partial charge in [-0.2, -0.15) is 0 Å². The monoisotopic (exact) mass is 285 g/mol. The maximum Gasteiger partial charge on any atom is 0.00725 e. The lowest BCUT2D eigenvalue weighted by molar-refractivity contribution is 0.286. The number of benzene rings is 1. The van der Waals surface area contributed by atoms with E-state index in [1.165, 1.54) is 64.2 Å². The first-order chi connectivity index (χ1) is 10.4. The number of aryl methyl sites for hydroxylation is 1. The summed E-state index contributed by atoms with van der Waals surface area (Å²) in [5.41, 5.74) is 3.26. The first-order valence-corrected chi connectivity index (χ1v) is 9.12. The Morgan fingerprint density at radius 2 is 1.81 bits per heavy atom. The summed E-state index contributed by atoms with van der Waals surface area (Å²) in [7, 11) is 2.17. The Hall–Kier alpha value is -0.820. The molecule has 1 aromatic carbocycles. The highest BCUT2D eigenvalue weighted by Gasteiger charge is 2.25. The van der Waals surface area contributed by atoms with E-state index in [0.29, 0.717) is 6.04 Å². The van der Waals surface area contributed by atoms with Crippen molar-refractivity contribution in [3.05, 3.63) is 35.4 Å². The molecule has 2 aliphatic carbocycles. The first-order valence-electron chi connectivity index (χ1n) is 9.12. The first kappa shape index (κ1) is 15.1. The van der Waals surface area contributed by atoms with Crippen molar-refractivity contribution in [2.45, 2.75) is 76.2 Å². The van der Waals surface area contributed by atoms with E-state index < -0.39 is 0 Å². The van der Waals surface area contributed by atoms with Gasteiger partial charge in [-0.25, -0.2) is 0 Å². The van der Waals surface area contributed by atoms with E-state index in [1.54, 1.807) is 11.1 Å². The van der Waals surface area contributed by atoms with E-state index in [1.807, 2.05) is 0 Å². The third-order valence-electron chi connectivity index (χ3n) is 5.81. The fraction of sp³-hybridized carbons (Fsp3) is 0.700. The van der Waals surface area contributed by atoms with Gasteiger partial charge in [0, 0.05) is 6.04 Å². The zero-order valence-electron chi connectivity index (χ0n) is 13.6. The van der Waals surface area contributed by atoms with Gasteiger partial charge in [0.1, 0.15) is 0 Å². The smallest absolute Gasteiger partial charge is 0.00725 e. The van der Waals surface area contributed by atoms with Crippen molar-refractivity contribution in [2.24, 2.45) is 5.92 Å². The molecule has 0 aromatic heterocycles. The molecule has 1 heteroatoms. The molecule has 0 heterocycles. The lowest BCUT2D eigenvalue weighted by atomic mass is 9.77. The van der Waals surface area contributed by atoms with Crippen molar-refractivity contribution in [1.29, 1.82) is 0 Å². The largest absolute Gasteiger partial charge is 0.317 e. The fourth-order valence-electron chi connectivity index (χ4n) is 4.60. The van der Waals surface area contributed by atoms with Crippen LogP contribution in [0.3, 0.4) is 0 Å². The lowest BCUT2D eigenvalue weighted by Gasteiger charge is -2.31. The summed E-state index contributed by atoms with van der Waals surface area (Å²) >= 11 is 0. The van der Waals surface area contributed by atoms with Crippen molar-refractivity contribution in [3.63, 3.8) is 0 Å². The van der Waals surface area contributed by atoms with E-state index in [4.69, 9.17) is 0 Å². The molecule has 2 aliphatic rings. The highest BCUT2D eigenvalue weighted by molar-refractivity contribution is 5.32. The van der Waals surface area contributed by atoms with Crippen LogP contribution in [0, 0.1) is 5.92 Å². The number of nitrogens with one attached hydrogen (secondary N) is 1. The summed E-state index contributed by atoms with van der Waals surface area (Å²) in [5.74, 6) is 1.77. The van der Waals surface area contributed by atoms with Crippen molar-refractivity contribution in [2.75, 3.05) is 7.05 Å². The Morgan fingerprint density at radius 1 is 1.00 bits per heavy atom. The van der Waals surface area contributed by atoms with Crippen LogP contribution in [0.2, 0.25) is 0 Å². The fourth-order valence-corrected chi connectivity index (χ4v) is 4.60. The lowest BCUT2D eigenvalue weighted by Crippen LogP contribution is -2.31. The van der Waals surface area contributed by atoms with Crippen LogP contribution in [-0.2, 0) is 6.42 Å². The third kappa shape index (κ3) is 3.88. The molecule has 116 valence electrons. The molecule has 1 N–H and O–H groups in total. The van der Waals surface area contributed by atoms with E-state index in [2.05, 4.69) is 36.6 Å². The predicted octanol–water partition coefficient (Wildman–Crippen LogP) is 5.06. The zero-order valence-corrected chi connectivity index (χ0v) is 13.6. The second kappa shape index (κ2) is 7.45. The van der Waals surface area contributed by atoms with Gasteiger partial charge in [-0.15, -0.1) is 0 Å². The molecule has 2 unspecified atom stereocenters. The van der Waals surface area contributed by atoms with Gasteiger partial charge in [0.2, 0.25) is 0 Å². The molecule has 1 fully saturated rings. The molecular weight excluding hydrogens is 254 g/mol. The Labute approximate surface area is 130 Å². The minimum absolute atomic E-state index is 0.712. The average molecular weight is 285 g/mol. The van der Waals surface area contributed by atoms with Crippen LogP contribution in [0.5, 0.6) is 0 Å². The van der Waals surface area contributed by atoms with E-state index >= 15 is 0 Å². The van der Waals surface area contributed by atoms with Gasteiger partial charge < -0.3 is 5.32 Å². The number of hydrogen-bond acceptors (Lipinski definition) is 1. The number of hydrogen-bond donors (Lipinski definition) is 1. The maximum atomic E-state index is 3.63. The molecule has 0 amide bonds. The van der Waals surface area contributed by atoms with Gasteiger partial charge in [-0.05, 0) is 62.1 Å². The quantitative estimate of drug-likeness (QED) is 0.798. The molecule has 1 aromatic rings. The van der Waals surface area contributed by atoms with Crippen LogP contribution in [0.4, 0.5) is 0 Å². The van der Waals surface area contributed by atoms with Crippen LogP contribution in [0.25, 0.3) is 0 Å². The summed E-state index contributed by atoms with van der Waals surface area (Å²) in [6.07, 6.45) is 14.1. The van der Waals surface area contributed by atoms with Crippen molar-refractivity contribution in [1.82, 2.24) is 5.32 Å². The minimum Gasteiger partial charge on any atom is -0.317 e. The molecule has 0 bridgehead atoms. The Balaban J connectivity index is 1.61. The molecule has 0 saturated heterocycles.